The molecule has 1 amide bonds. The Morgan fingerprint density at radius 2 is 1.77 bits per heavy atom. The van der Waals surface area contributed by atoms with Crippen LogP contribution in [0.15, 0.2) is 66.1 Å². The summed E-state index contributed by atoms with van der Waals surface area (Å²) in [6.07, 6.45) is 1.53. The van der Waals surface area contributed by atoms with Crippen LogP contribution in [-0.4, -0.2) is 39.8 Å². The normalized spacial score (nSPS) is 17.7. The lowest BCUT2D eigenvalue weighted by molar-refractivity contribution is -0.120. The maximum Gasteiger partial charge on any atom is 0.265 e. The molecule has 1 aliphatic rings. The highest BCUT2D eigenvalue weighted by Crippen LogP contribution is 2.25. The average molecular weight is 373 g/mol. The molecule has 6 nitrogen and oxygen atoms in total. The van der Waals surface area contributed by atoms with Crippen molar-refractivity contribution >= 4 is 21.4 Å². The number of para-hydroxylation sites is 1. The third-order valence-corrected chi connectivity index (χ3v) is 5.35. The molecule has 0 fully saturated rings. The fourth-order valence-corrected chi connectivity index (χ4v) is 3.98. The van der Waals surface area contributed by atoms with Crippen LogP contribution in [0.25, 0.3) is 0 Å². The molecule has 7 heteroatoms. The van der Waals surface area contributed by atoms with E-state index in [0.29, 0.717) is 17.2 Å². The van der Waals surface area contributed by atoms with E-state index in [9.17, 15) is 13.2 Å². The second-order valence-corrected chi connectivity index (χ2v) is 7.72. The predicted molar refractivity (Wildman–Crippen MR) is 99.1 cm³/mol. The van der Waals surface area contributed by atoms with Crippen LogP contribution in [0.3, 0.4) is 0 Å². The van der Waals surface area contributed by atoms with Crippen LogP contribution < -0.4 is 14.4 Å². The van der Waals surface area contributed by atoms with E-state index < -0.39 is 15.9 Å². The van der Waals surface area contributed by atoms with E-state index in [4.69, 9.17) is 9.47 Å². The van der Waals surface area contributed by atoms with Gasteiger partial charge in [0.1, 0.15) is 11.5 Å². The summed E-state index contributed by atoms with van der Waals surface area (Å²) in [5.41, 5.74) is 0.583. The zero-order valence-electron chi connectivity index (χ0n) is 14.2. The molecule has 0 radical (unpaired) electrons. The van der Waals surface area contributed by atoms with Crippen molar-refractivity contribution in [3.8, 4) is 11.5 Å². The van der Waals surface area contributed by atoms with Crippen molar-refractivity contribution in [2.45, 2.75) is 6.04 Å². The molecule has 1 atom stereocenters. The minimum atomic E-state index is -3.30. The highest BCUT2D eigenvalue weighted by molar-refractivity contribution is 7.94. The molecule has 0 aromatic heterocycles. The van der Waals surface area contributed by atoms with Crippen LogP contribution in [0.4, 0.5) is 5.69 Å². The molecular weight excluding hydrogens is 354 g/mol. The van der Waals surface area contributed by atoms with Gasteiger partial charge in [-0.1, -0.05) is 18.2 Å². The Morgan fingerprint density at radius 3 is 2.35 bits per heavy atom. The van der Waals surface area contributed by atoms with Gasteiger partial charge in [-0.2, -0.15) is 0 Å². The summed E-state index contributed by atoms with van der Waals surface area (Å²) in [7, 11) is -1.75. The smallest absolute Gasteiger partial charge is 0.265 e. The largest absolute Gasteiger partial charge is 0.497 e. The van der Waals surface area contributed by atoms with Crippen molar-refractivity contribution in [2.75, 3.05) is 24.4 Å². The van der Waals surface area contributed by atoms with Crippen LogP contribution in [0.1, 0.15) is 0 Å². The quantitative estimate of drug-likeness (QED) is 0.778. The fraction of sp³-hybridized carbons (Fsp3) is 0.211. The molecule has 0 spiro atoms. The summed E-state index contributed by atoms with van der Waals surface area (Å²) < 4.78 is 34.3. The molecule has 26 heavy (non-hydrogen) atoms. The molecule has 0 saturated carbocycles. The first-order chi connectivity index (χ1) is 12.5. The third kappa shape index (κ3) is 4.23. The third-order valence-electron chi connectivity index (χ3n) is 3.97. The first-order valence-electron chi connectivity index (χ1n) is 8.03. The zero-order valence-corrected chi connectivity index (χ0v) is 15.1. The van der Waals surface area contributed by atoms with Gasteiger partial charge < -0.3 is 14.4 Å². The van der Waals surface area contributed by atoms with Crippen molar-refractivity contribution in [2.24, 2.45) is 0 Å². The van der Waals surface area contributed by atoms with Gasteiger partial charge in [0.25, 0.3) is 5.91 Å². The van der Waals surface area contributed by atoms with Gasteiger partial charge in [0.15, 0.2) is 16.4 Å². The molecule has 0 unspecified atom stereocenters. The molecule has 0 bridgehead atoms. The van der Waals surface area contributed by atoms with Crippen LogP contribution in [0.2, 0.25) is 0 Å². The number of carbonyl (C=O) groups excluding carboxylic acids is 1. The van der Waals surface area contributed by atoms with Gasteiger partial charge in [-0.3, -0.25) is 4.79 Å². The van der Waals surface area contributed by atoms with Crippen LogP contribution in [-0.2, 0) is 14.6 Å². The van der Waals surface area contributed by atoms with Gasteiger partial charge in [0.05, 0.1) is 18.9 Å². The van der Waals surface area contributed by atoms with Gasteiger partial charge >= 0.3 is 0 Å². The highest BCUT2D eigenvalue weighted by Gasteiger charge is 2.31. The molecule has 136 valence electrons. The van der Waals surface area contributed by atoms with Crippen molar-refractivity contribution in [1.29, 1.82) is 0 Å². The number of hydrogen-bond donors (Lipinski definition) is 0. The molecule has 0 aliphatic carbocycles. The SMILES string of the molecule is COc1ccc(N(C(=O)COc2ccccc2)[C@@H]2C=CS(=O)(=O)C2)cc1. The maximum atomic E-state index is 12.8. The summed E-state index contributed by atoms with van der Waals surface area (Å²) in [5.74, 6) is 0.753. The lowest BCUT2D eigenvalue weighted by atomic mass is 10.2. The van der Waals surface area contributed by atoms with E-state index in [-0.39, 0.29) is 18.3 Å². The Balaban J connectivity index is 1.82. The summed E-state index contributed by atoms with van der Waals surface area (Å²) in [6.45, 7) is -0.194. The number of ether oxygens (including phenoxy) is 2. The summed E-state index contributed by atoms with van der Waals surface area (Å²) in [6, 6.07) is 15.3. The number of methoxy groups -OCH3 is 1. The number of nitrogens with zero attached hydrogens (tertiary/aromatic N) is 1. The van der Waals surface area contributed by atoms with E-state index in [2.05, 4.69) is 0 Å². The molecule has 2 aromatic rings. The molecule has 3 rings (SSSR count). The lowest BCUT2D eigenvalue weighted by Gasteiger charge is -2.27. The predicted octanol–water partition coefficient (Wildman–Crippen LogP) is 2.42. The van der Waals surface area contributed by atoms with E-state index >= 15 is 0 Å². The van der Waals surface area contributed by atoms with Gasteiger partial charge in [0.2, 0.25) is 0 Å². The standard InChI is InChI=1S/C19H19NO5S/c1-24-17-9-7-15(8-10-17)20(16-11-12-26(22,23)14-16)19(21)13-25-18-5-3-2-4-6-18/h2-12,16H,13-14H2,1H3/t16-/m1/s1. The maximum absolute atomic E-state index is 12.8. The number of hydrogen-bond acceptors (Lipinski definition) is 5. The Hall–Kier alpha value is -2.80. The fourth-order valence-electron chi connectivity index (χ4n) is 2.71. The van der Waals surface area contributed by atoms with Crippen molar-refractivity contribution in [1.82, 2.24) is 0 Å². The molecular formula is C19H19NO5S. The molecule has 1 heterocycles. The Labute approximate surface area is 152 Å². The molecule has 0 saturated heterocycles. The van der Waals surface area contributed by atoms with Gasteiger partial charge in [0, 0.05) is 11.1 Å². The van der Waals surface area contributed by atoms with E-state index in [1.54, 1.807) is 43.5 Å². The first kappa shape index (κ1) is 18.0. The van der Waals surface area contributed by atoms with Crippen molar-refractivity contribution < 1.29 is 22.7 Å². The Kier molecular flexibility index (Phi) is 5.27. The number of benzene rings is 2. The Morgan fingerprint density at radius 1 is 1.08 bits per heavy atom. The van der Waals surface area contributed by atoms with Crippen molar-refractivity contribution in [3.63, 3.8) is 0 Å². The number of anilines is 1. The number of carbonyl (C=O) groups is 1. The minimum Gasteiger partial charge on any atom is -0.497 e. The molecule has 2 aromatic carbocycles. The van der Waals surface area contributed by atoms with Gasteiger partial charge in [-0.05, 0) is 42.5 Å². The number of sulfone groups is 1. The van der Waals surface area contributed by atoms with Gasteiger partial charge in [-0.25, -0.2) is 8.42 Å². The summed E-state index contributed by atoms with van der Waals surface area (Å²) in [4.78, 5) is 14.3. The molecule has 0 N–H and O–H groups in total. The molecule has 1 aliphatic heterocycles. The van der Waals surface area contributed by atoms with Crippen LogP contribution >= 0.6 is 0 Å². The van der Waals surface area contributed by atoms with E-state index in [1.165, 1.54) is 11.0 Å². The van der Waals surface area contributed by atoms with E-state index in [1.807, 2.05) is 18.2 Å². The highest BCUT2D eigenvalue weighted by atomic mass is 32.2. The summed E-state index contributed by atoms with van der Waals surface area (Å²) >= 11 is 0. The second-order valence-electron chi connectivity index (χ2n) is 5.79. The average Bonchev–Trinajstić information content (AvgIpc) is 3.01. The van der Waals surface area contributed by atoms with Crippen LogP contribution in [0, 0.1) is 0 Å². The second kappa shape index (κ2) is 7.61. The van der Waals surface area contributed by atoms with Crippen molar-refractivity contribution in [3.05, 3.63) is 66.1 Å². The monoisotopic (exact) mass is 373 g/mol. The number of amides is 1. The Bertz CT molecular complexity index is 891. The number of rotatable bonds is 6. The first-order valence-corrected chi connectivity index (χ1v) is 9.75. The summed E-state index contributed by atoms with van der Waals surface area (Å²) in [5, 5.41) is 1.15. The minimum absolute atomic E-state index is 0.143. The van der Waals surface area contributed by atoms with Crippen LogP contribution in [0.5, 0.6) is 11.5 Å². The lowest BCUT2D eigenvalue weighted by Crippen LogP contribution is -2.43. The zero-order chi connectivity index (χ0) is 18.6. The topological polar surface area (TPSA) is 72.9 Å². The van der Waals surface area contributed by atoms with Gasteiger partial charge in [-0.15, -0.1) is 0 Å². The van der Waals surface area contributed by atoms with E-state index in [0.717, 1.165) is 5.41 Å².